The minimum atomic E-state index is -0.101. The van der Waals surface area contributed by atoms with Gasteiger partial charge in [-0.1, -0.05) is 6.07 Å². The standard InChI is InChI=1S/C25H25N5O2/c1-16-12-24(29-23-7-6-21(14-22(16)23)27-17(2)31)30-10-8-19(9-11-30)25(32)28-20-5-3-4-18(13-20)15-26/h3-7,12-14,19H,8-11H2,1-2H3,(H,27,31)(H,28,32). The minimum Gasteiger partial charge on any atom is -0.357 e. The molecule has 0 saturated carbocycles. The van der Waals surface area contributed by atoms with E-state index in [1.807, 2.05) is 25.1 Å². The monoisotopic (exact) mass is 427 g/mol. The predicted octanol–water partition coefficient (Wildman–Crippen LogP) is 4.23. The smallest absolute Gasteiger partial charge is 0.227 e. The van der Waals surface area contributed by atoms with Crippen LogP contribution in [0.4, 0.5) is 17.2 Å². The molecule has 1 aliphatic rings. The van der Waals surface area contributed by atoms with Crippen LogP contribution in [0.2, 0.25) is 0 Å². The first-order valence-corrected chi connectivity index (χ1v) is 10.7. The Hall–Kier alpha value is -3.92. The topological polar surface area (TPSA) is 98.1 Å². The highest BCUT2D eigenvalue weighted by molar-refractivity contribution is 5.94. The van der Waals surface area contributed by atoms with Crippen LogP contribution in [-0.2, 0) is 9.59 Å². The average molecular weight is 428 g/mol. The number of carbonyl (C=O) groups is 2. The first kappa shape index (κ1) is 21.3. The molecule has 2 N–H and O–H groups in total. The van der Waals surface area contributed by atoms with Crippen molar-refractivity contribution in [2.24, 2.45) is 5.92 Å². The lowest BCUT2D eigenvalue weighted by Gasteiger charge is -2.32. The van der Waals surface area contributed by atoms with E-state index in [9.17, 15) is 9.59 Å². The number of aryl methyl sites for hydroxylation is 1. The van der Waals surface area contributed by atoms with E-state index < -0.39 is 0 Å². The Bertz CT molecular complexity index is 1220. The van der Waals surface area contributed by atoms with Crippen LogP contribution in [-0.4, -0.2) is 29.9 Å². The molecule has 0 spiro atoms. The van der Waals surface area contributed by atoms with E-state index >= 15 is 0 Å². The van der Waals surface area contributed by atoms with Gasteiger partial charge in [-0.25, -0.2) is 4.98 Å². The first-order chi connectivity index (χ1) is 15.4. The molecule has 1 aromatic heterocycles. The van der Waals surface area contributed by atoms with E-state index in [2.05, 4.69) is 27.7 Å². The fourth-order valence-corrected chi connectivity index (χ4v) is 4.10. The molecule has 3 aromatic rings. The zero-order valence-corrected chi connectivity index (χ0v) is 18.2. The molecular weight excluding hydrogens is 402 g/mol. The molecule has 7 nitrogen and oxygen atoms in total. The lowest BCUT2D eigenvalue weighted by Crippen LogP contribution is -2.38. The Morgan fingerprint density at radius 1 is 1.06 bits per heavy atom. The SMILES string of the molecule is CC(=O)Nc1ccc2nc(N3CCC(C(=O)Nc4cccc(C#N)c4)CC3)cc(C)c2c1. The van der Waals surface area contributed by atoms with Crippen LogP contribution in [0.3, 0.4) is 0 Å². The van der Waals surface area contributed by atoms with Gasteiger partial charge in [0.1, 0.15) is 5.82 Å². The summed E-state index contributed by atoms with van der Waals surface area (Å²) in [4.78, 5) is 31.1. The Labute approximate surface area is 187 Å². The second kappa shape index (κ2) is 9.06. The third-order valence-electron chi connectivity index (χ3n) is 5.77. The van der Waals surface area contributed by atoms with Gasteiger partial charge in [0.25, 0.3) is 0 Å². The predicted molar refractivity (Wildman–Crippen MR) is 126 cm³/mol. The normalized spacial score (nSPS) is 14.1. The second-order valence-corrected chi connectivity index (χ2v) is 8.15. The summed E-state index contributed by atoms with van der Waals surface area (Å²) in [5.74, 6) is 0.728. The van der Waals surface area contributed by atoms with Crippen molar-refractivity contribution in [3.63, 3.8) is 0 Å². The molecule has 0 unspecified atom stereocenters. The number of hydrogen-bond donors (Lipinski definition) is 2. The number of anilines is 3. The number of nitrogens with zero attached hydrogens (tertiary/aromatic N) is 3. The molecule has 7 heteroatoms. The summed E-state index contributed by atoms with van der Waals surface area (Å²) in [6.45, 7) is 5.03. The van der Waals surface area contributed by atoms with Crippen molar-refractivity contribution in [3.05, 3.63) is 59.7 Å². The summed E-state index contributed by atoms with van der Waals surface area (Å²) in [6, 6.07) is 16.8. The Morgan fingerprint density at radius 2 is 1.81 bits per heavy atom. The number of hydrogen-bond acceptors (Lipinski definition) is 5. The molecular formula is C25H25N5O2. The van der Waals surface area contributed by atoms with Crippen LogP contribution < -0.4 is 15.5 Å². The number of nitrogens with one attached hydrogen (secondary N) is 2. The van der Waals surface area contributed by atoms with Crippen molar-refractivity contribution in [1.29, 1.82) is 5.26 Å². The molecule has 2 heterocycles. The van der Waals surface area contributed by atoms with Gasteiger partial charge in [0.05, 0.1) is 17.1 Å². The van der Waals surface area contributed by atoms with Crippen LogP contribution >= 0.6 is 0 Å². The fourth-order valence-electron chi connectivity index (χ4n) is 4.10. The van der Waals surface area contributed by atoms with Crippen LogP contribution in [0.15, 0.2) is 48.5 Å². The van der Waals surface area contributed by atoms with Crippen molar-refractivity contribution in [1.82, 2.24) is 4.98 Å². The molecule has 0 radical (unpaired) electrons. The van der Waals surface area contributed by atoms with Gasteiger partial charge in [-0.3, -0.25) is 9.59 Å². The van der Waals surface area contributed by atoms with Crippen molar-refractivity contribution in [2.75, 3.05) is 28.6 Å². The molecule has 0 atom stereocenters. The summed E-state index contributed by atoms with van der Waals surface area (Å²) in [5.41, 5.74) is 3.91. The largest absolute Gasteiger partial charge is 0.357 e. The van der Waals surface area contributed by atoms with Gasteiger partial charge in [-0.2, -0.15) is 5.26 Å². The highest BCUT2D eigenvalue weighted by Gasteiger charge is 2.26. The fraction of sp³-hybridized carbons (Fsp3) is 0.280. The van der Waals surface area contributed by atoms with Gasteiger partial charge in [-0.05, 0) is 67.8 Å². The summed E-state index contributed by atoms with van der Waals surface area (Å²) in [7, 11) is 0. The third kappa shape index (κ3) is 4.70. The molecule has 2 amide bonds. The Balaban J connectivity index is 1.42. The molecule has 162 valence electrons. The minimum absolute atomic E-state index is 0.00658. The van der Waals surface area contributed by atoms with E-state index in [4.69, 9.17) is 10.2 Å². The zero-order valence-electron chi connectivity index (χ0n) is 18.2. The summed E-state index contributed by atoms with van der Waals surface area (Å²) in [6.07, 6.45) is 1.48. The number of piperidine rings is 1. The van der Waals surface area contributed by atoms with Crippen LogP contribution in [0.25, 0.3) is 10.9 Å². The average Bonchev–Trinajstić information content (AvgIpc) is 2.79. The number of pyridine rings is 1. The highest BCUT2D eigenvalue weighted by atomic mass is 16.2. The summed E-state index contributed by atoms with van der Waals surface area (Å²) < 4.78 is 0. The Morgan fingerprint density at radius 3 is 2.53 bits per heavy atom. The quantitative estimate of drug-likeness (QED) is 0.649. The van der Waals surface area contributed by atoms with E-state index in [1.165, 1.54) is 6.92 Å². The summed E-state index contributed by atoms with van der Waals surface area (Å²) >= 11 is 0. The van der Waals surface area contributed by atoms with Crippen LogP contribution in [0, 0.1) is 24.2 Å². The highest BCUT2D eigenvalue weighted by Crippen LogP contribution is 2.28. The maximum atomic E-state index is 12.7. The second-order valence-electron chi connectivity index (χ2n) is 8.15. The van der Waals surface area contributed by atoms with Crippen molar-refractivity contribution in [3.8, 4) is 6.07 Å². The van der Waals surface area contributed by atoms with Crippen LogP contribution in [0.5, 0.6) is 0 Å². The van der Waals surface area contributed by atoms with E-state index in [1.54, 1.807) is 24.3 Å². The molecule has 1 aliphatic heterocycles. The molecule has 1 fully saturated rings. The lowest BCUT2D eigenvalue weighted by molar-refractivity contribution is -0.120. The van der Waals surface area contributed by atoms with Gasteiger partial charge in [0, 0.05) is 42.7 Å². The van der Waals surface area contributed by atoms with Gasteiger partial charge in [0.15, 0.2) is 0 Å². The summed E-state index contributed by atoms with van der Waals surface area (Å²) in [5, 5.41) is 15.8. The Kier molecular flexibility index (Phi) is 6.04. The number of carbonyl (C=O) groups excluding carboxylic acids is 2. The molecule has 0 bridgehead atoms. The van der Waals surface area contributed by atoms with Crippen molar-refractivity contribution < 1.29 is 9.59 Å². The van der Waals surface area contributed by atoms with Gasteiger partial charge < -0.3 is 15.5 Å². The molecule has 4 rings (SSSR count). The lowest BCUT2D eigenvalue weighted by atomic mass is 9.95. The molecule has 0 aliphatic carbocycles. The number of aromatic nitrogens is 1. The van der Waals surface area contributed by atoms with Gasteiger partial charge in [0.2, 0.25) is 11.8 Å². The maximum Gasteiger partial charge on any atom is 0.227 e. The van der Waals surface area contributed by atoms with E-state index in [-0.39, 0.29) is 17.7 Å². The van der Waals surface area contributed by atoms with Gasteiger partial charge >= 0.3 is 0 Å². The molecule has 2 aromatic carbocycles. The van der Waals surface area contributed by atoms with E-state index in [0.717, 1.165) is 53.9 Å². The number of fused-ring (bicyclic) bond motifs is 1. The molecule has 32 heavy (non-hydrogen) atoms. The number of rotatable bonds is 4. The van der Waals surface area contributed by atoms with Crippen molar-refractivity contribution in [2.45, 2.75) is 26.7 Å². The van der Waals surface area contributed by atoms with Crippen molar-refractivity contribution >= 4 is 39.9 Å². The van der Waals surface area contributed by atoms with Crippen LogP contribution in [0.1, 0.15) is 30.9 Å². The number of nitriles is 1. The van der Waals surface area contributed by atoms with E-state index in [0.29, 0.717) is 11.3 Å². The number of benzene rings is 2. The third-order valence-corrected chi connectivity index (χ3v) is 5.77. The zero-order chi connectivity index (χ0) is 22.7. The number of amides is 2. The first-order valence-electron chi connectivity index (χ1n) is 10.7. The van der Waals surface area contributed by atoms with Gasteiger partial charge in [-0.15, -0.1) is 0 Å². The maximum absolute atomic E-state index is 12.7. The molecule has 1 saturated heterocycles.